The van der Waals surface area contributed by atoms with E-state index in [0.717, 1.165) is 84.9 Å². The van der Waals surface area contributed by atoms with Gasteiger partial charge in [-0.05, 0) is 118 Å². The van der Waals surface area contributed by atoms with Gasteiger partial charge in [-0.1, -0.05) is 57.2 Å². The van der Waals surface area contributed by atoms with E-state index in [4.69, 9.17) is 4.98 Å². The molecule has 444 valence electrons. The Morgan fingerprint density at radius 1 is 0.893 bits per heavy atom. The van der Waals surface area contributed by atoms with Crippen LogP contribution in [0, 0.1) is 17.8 Å². The summed E-state index contributed by atoms with van der Waals surface area (Å²) in [7, 11) is 0. The van der Waals surface area contributed by atoms with Crippen LogP contribution in [0.15, 0.2) is 95.9 Å². The highest BCUT2D eigenvalue weighted by Crippen LogP contribution is 2.51. The zero-order valence-corrected chi connectivity index (χ0v) is 49.5. The van der Waals surface area contributed by atoms with Crippen molar-refractivity contribution in [2.75, 3.05) is 56.0 Å². The molecule has 5 N–H and O–H groups in total. The van der Waals surface area contributed by atoms with Gasteiger partial charge in [-0.2, -0.15) is 4.98 Å². The Kier molecular flexibility index (Phi) is 15.9. The summed E-state index contributed by atoms with van der Waals surface area (Å²) in [5.74, 6) is -1.28. The molecule has 11 rings (SSSR count). The van der Waals surface area contributed by atoms with Crippen molar-refractivity contribution in [1.29, 1.82) is 0 Å². The second kappa shape index (κ2) is 22.9. The number of anilines is 3. The van der Waals surface area contributed by atoms with E-state index >= 15 is 0 Å². The molecule has 22 heteroatoms. The van der Waals surface area contributed by atoms with Crippen molar-refractivity contribution in [1.82, 2.24) is 54.6 Å². The number of halogens is 1. The Hall–Kier alpha value is -7.40. The number of piperazine rings is 1. The number of hydrogen-bond donors (Lipinski definition) is 5. The van der Waals surface area contributed by atoms with Gasteiger partial charge < -0.3 is 40.9 Å². The van der Waals surface area contributed by atoms with Crippen LogP contribution in [0.1, 0.15) is 109 Å². The number of likely N-dealkylation sites (tertiary alicyclic amines) is 2. The molecule has 3 saturated heterocycles. The third-order valence-electron chi connectivity index (χ3n) is 17.8. The number of thiazole rings is 1. The van der Waals surface area contributed by atoms with E-state index in [2.05, 4.69) is 59.4 Å². The van der Waals surface area contributed by atoms with E-state index in [0.29, 0.717) is 47.6 Å². The van der Waals surface area contributed by atoms with E-state index < -0.39 is 58.6 Å². The van der Waals surface area contributed by atoms with Crippen LogP contribution < -0.4 is 26.4 Å². The number of benzene rings is 2. The molecule has 7 heterocycles. The molecule has 0 bridgehead atoms. The maximum atomic E-state index is 14.9. The minimum atomic E-state index is -2.01. The fraction of sp³-hybridized carbons (Fsp3) is 0.500. The molecule has 5 fully saturated rings. The highest BCUT2D eigenvalue weighted by atomic mass is 32.1. The van der Waals surface area contributed by atoms with Gasteiger partial charge in [0.05, 0.1) is 46.9 Å². The molecule has 84 heavy (non-hydrogen) atoms. The highest BCUT2D eigenvalue weighted by Gasteiger charge is 2.54. The van der Waals surface area contributed by atoms with Gasteiger partial charge in [0.2, 0.25) is 23.7 Å². The normalized spacial score (nSPS) is 20.6. The minimum Gasteiger partial charge on any atom is -0.391 e. The molecule has 4 aromatic heterocycles. The number of nitrogens with zero attached hydrogens (tertiary/aromatic N) is 10. The molecule has 2 aliphatic carbocycles. The second-order valence-corrected chi connectivity index (χ2v) is 26.1. The SMILES string of the molecule is C=CCn1c(=O)c2cnc(Nc3ccc(N4CCN(C5CC6(CCN(C(=O)C[C@H](NC(=O)[C@@H]7C[C@@H](O)CN7C(=O)[C@@H](NC(=O)C7(F)CC7)C(C)(C)C)c7ccc(-c8scnc8C)cc7)CC6)C5)CC4)cc3)nc2n1-c1cccc(C(C)(C)O)n1. The number of aryl methyl sites for hydroxylation is 1. The zero-order valence-electron chi connectivity index (χ0n) is 48.7. The van der Waals surface area contributed by atoms with Gasteiger partial charge in [0.15, 0.2) is 17.1 Å². The number of rotatable bonds is 17. The number of piperidine rings is 1. The Morgan fingerprint density at radius 3 is 2.23 bits per heavy atom. The van der Waals surface area contributed by atoms with E-state index in [1.807, 2.05) is 48.2 Å². The number of amides is 4. The van der Waals surface area contributed by atoms with Crippen LogP contribution >= 0.6 is 11.3 Å². The number of allylic oxidation sites excluding steroid dienone is 1. The fourth-order valence-corrected chi connectivity index (χ4v) is 13.4. The fourth-order valence-electron chi connectivity index (χ4n) is 12.5. The van der Waals surface area contributed by atoms with Crippen molar-refractivity contribution in [3.8, 4) is 16.3 Å². The molecule has 3 aliphatic heterocycles. The third kappa shape index (κ3) is 12.0. The van der Waals surface area contributed by atoms with Crippen LogP contribution in [0.3, 0.4) is 0 Å². The largest absolute Gasteiger partial charge is 0.391 e. The number of carbonyl (C=O) groups excluding carboxylic acids is 4. The smallest absolute Gasteiger partial charge is 0.278 e. The van der Waals surface area contributed by atoms with Crippen molar-refractivity contribution in [2.24, 2.45) is 10.8 Å². The maximum Gasteiger partial charge on any atom is 0.278 e. The van der Waals surface area contributed by atoms with E-state index in [9.17, 15) is 38.6 Å². The number of hydrogen-bond acceptors (Lipinski definition) is 15. The predicted molar refractivity (Wildman–Crippen MR) is 320 cm³/mol. The number of pyridine rings is 1. The van der Waals surface area contributed by atoms with Gasteiger partial charge in [0, 0.05) is 75.8 Å². The van der Waals surface area contributed by atoms with E-state index in [1.54, 1.807) is 69.1 Å². The summed E-state index contributed by atoms with van der Waals surface area (Å²) in [4.78, 5) is 97.1. The average molecular weight is 1170 g/mol. The summed E-state index contributed by atoms with van der Waals surface area (Å²) in [6.07, 6.45) is 6.25. The Morgan fingerprint density at radius 2 is 1.60 bits per heavy atom. The number of carbonyl (C=O) groups is 4. The summed E-state index contributed by atoms with van der Waals surface area (Å²) < 4.78 is 18.0. The van der Waals surface area contributed by atoms with Gasteiger partial charge in [0.25, 0.3) is 11.5 Å². The standard InChI is InChI=1S/C62H76FN13O7S/c1-8-24-75-55(80)45-35-64-58(70-53(45)76(75)49-11-9-10-48(68-49)60(6,7)83)66-41-16-18-42(19-17-41)71-27-29-72(30-28-71)43-33-61(34-43)22-25-73(26-23-61)50(78)32-46(39-12-14-40(15-13-39)51-38(2)65-37-84-51)67-54(79)47-31-44(77)36-74(47)56(81)52(59(3,4)5)69-57(82)62(63)20-21-62/h8-19,35,37,43-44,46-47,52,77,83H,1,20-34,36H2,2-7H3,(H,67,79)(H,69,82)(H,64,66,70)/t44-,46+,47+,52-/m1/s1. The van der Waals surface area contributed by atoms with Crippen LogP contribution in [0.25, 0.3) is 27.3 Å². The lowest BCUT2D eigenvalue weighted by Gasteiger charge is -2.56. The lowest BCUT2D eigenvalue weighted by molar-refractivity contribution is -0.145. The van der Waals surface area contributed by atoms with Gasteiger partial charge in [0.1, 0.15) is 23.1 Å². The van der Waals surface area contributed by atoms with E-state index in [-0.39, 0.29) is 55.7 Å². The third-order valence-corrected chi connectivity index (χ3v) is 18.7. The van der Waals surface area contributed by atoms with Gasteiger partial charge in [-0.3, -0.25) is 28.9 Å². The van der Waals surface area contributed by atoms with Gasteiger partial charge >= 0.3 is 0 Å². The number of aromatic nitrogens is 6. The molecule has 0 unspecified atom stereocenters. The lowest BCUT2D eigenvalue weighted by Crippen LogP contribution is -2.59. The molecule has 0 radical (unpaired) electrons. The molecular formula is C62H76FN13O7S. The van der Waals surface area contributed by atoms with E-state index in [1.165, 1.54) is 27.1 Å². The first-order valence-corrected chi connectivity index (χ1v) is 30.1. The minimum absolute atomic E-state index is 0.00685. The quantitative estimate of drug-likeness (QED) is 0.0598. The second-order valence-electron chi connectivity index (χ2n) is 25.3. The number of alkyl halides is 1. The first kappa shape index (κ1) is 58.4. The molecule has 20 nitrogen and oxygen atoms in total. The molecular weight excluding hydrogens is 1090 g/mol. The number of aliphatic hydroxyl groups is 2. The highest BCUT2D eigenvalue weighted by molar-refractivity contribution is 7.13. The molecule has 4 amide bonds. The van der Waals surface area contributed by atoms with Crippen LogP contribution in [-0.2, 0) is 31.3 Å². The summed E-state index contributed by atoms with van der Waals surface area (Å²) in [5.41, 5.74) is 2.97. The van der Waals surface area contributed by atoms with Crippen LogP contribution in [0.4, 0.5) is 21.7 Å². The lowest BCUT2D eigenvalue weighted by atomic mass is 9.60. The number of fused-ring (bicyclic) bond motifs is 1. The van der Waals surface area contributed by atoms with Gasteiger partial charge in [-0.25, -0.2) is 28.7 Å². The van der Waals surface area contributed by atoms with Crippen molar-refractivity contribution in [3.05, 3.63) is 118 Å². The number of aliphatic hydroxyl groups excluding tert-OH is 1. The summed E-state index contributed by atoms with van der Waals surface area (Å²) in [6.45, 7) is 19.4. The van der Waals surface area contributed by atoms with Crippen molar-refractivity contribution < 1.29 is 33.8 Å². The predicted octanol–water partition coefficient (Wildman–Crippen LogP) is 6.70. The number of β-amino-alcohol motifs (C(OH)–C–C–N with tert-alkyl or cyclic N) is 1. The molecule has 1 spiro atoms. The average Bonchev–Trinajstić information content (AvgIpc) is 1.56. The first-order valence-electron chi connectivity index (χ1n) is 29.2. The van der Waals surface area contributed by atoms with Crippen molar-refractivity contribution in [3.63, 3.8) is 0 Å². The van der Waals surface area contributed by atoms with Crippen LogP contribution in [0.2, 0.25) is 0 Å². The molecule has 2 saturated carbocycles. The van der Waals surface area contributed by atoms with Crippen LogP contribution in [-0.4, -0.2) is 154 Å². The van der Waals surface area contributed by atoms with Crippen molar-refractivity contribution in [2.45, 2.75) is 141 Å². The Labute approximate surface area is 492 Å². The molecule has 2 aromatic carbocycles. The summed E-state index contributed by atoms with van der Waals surface area (Å²) in [5, 5.41) is 31.0. The topological polar surface area (TPSA) is 236 Å². The van der Waals surface area contributed by atoms with Crippen molar-refractivity contribution >= 4 is 63.3 Å². The Balaban J connectivity index is 0.689. The summed E-state index contributed by atoms with van der Waals surface area (Å²) >= 11 is 1.53. The maximum absolute atomic E-state index is 14.9. The zero-order chi connectivity index (χ0) is 59.5. The molecule has 5 aliphatic rings. The summed E-state index contributed by atoms with van der Waals surface area (Å²) in [6, 6.07) is 18.7. The monoisotopic (exact) mass is 1170 g/mol. The molecule has 4 atom stereocenters. The first-order chi connectivity index (χ1) is 40.0. The van der Waals surface area contributed by atoms with Crippen LogP contribution in [0.5, 0.6) is 0 Å². The molecule has 6 aromatic rings. The Bertz CT molecular complexity index is 3510. The number of nitrogens with one attached hydrogen (secondary N) is 3. The van der Waals surface area contributed by atoms with Gasteiger partial charge in [-0.15, -0.1) is 17.9 Å².